The number of fused-ring (bicyclic) bond motifs is 2. The van der Waals surface area contributed by atoms with Gasteiger partial charge in [0.25, 0.3) is 0 Å². The molecule has 0 aliphatic heterocycles. The standard InChI is InChI=1S/C14H15NO/c1-16-14-10-6-2-4-8-12(10)15-13-9-5-3-7-11(13)14/h2,4,6,8H,3,5,7,9H2,1H3. The first-order valence-corrected chi connectivity index (χ1v) is 5.84. The lowest BCUT2D eigenvalue weighted by Gasteiger charge is -2.19. The van der Waals surface area contributed by atoms with E-state index in [2.05, 4.69) is 12.1 Å². The van der Waals surface area contributed by atoms with Crippen molar-refractivity contribution >= 4 is 10.9 Å². The summed E-state index contributed by atoms with van der Waals surface area (Å²) in [5.74, 6) is 1.04. The minimum absolute atomic E-state index is 1.04. The third-order valence-electron chi connectivity index (χ3n) is 3.32. The van der Waals surface area contributed by atoms with Crippen LogP contribution < -0.4 is 4.74 Å². The van der Waals surface area contributed by atoms with Crippen molar-refractivity contribution in [3.05, 3.63) is 35.5 Å². The first-order chi connectivity index (χ1) is 7.90. The number of hydrogen-bond acceptors (Lipinski definition) is 2. The fourth-order valence-corrected chi connectivity index (χ4v) is 2.56. The Morgan fingerprint density at radius 2 is 1.94 bits per heavy atom. The second-order valence-corrected chi connectivity index (χ2v) is 4.29. The molecule has 0 spiro atoms. The lowest BCUT2D eigenvalue weighted by atomic mass is 9.93. The maximum Gasteiger partial charge on any atom is 0.133 e. The summed E-state index contributed by atoms with van der Waals surface area (Å²) < 4.78 is 5.59. The van der Waals surface area contributed by atoms with Crippen LogP contribution in [0.1, 0.15) is 24.1 Å². The average molecular weight is 213 g/mol. The highest BCUT2D eigenvalue weighted by atomic mass is 16.5. The summed E-state index contributed by atoms with van der Waals surface area (Å²) in [6.45, 7) is 0. The first-order valence-electron chi connectivity index (χ1n) is 5.84. The van der Waals surface area contributed by atoms with Crippen molar-refractivity contribution in [2.75, 3.05) is 7.11 Å². The zero-order valence-corrected chi connectivity index (χ0v) is 9.49. The number of methoxy groups -OCH3 is 1. The van der Waals surface area contributed by atoms with E-state index in [-0.39, 0.29) is 0 Å². The van der Waals surface area contributed by atoms with Gasteiger partial charge in [-0.3, -0.25) is 4.98 Å². The maximum atomic E-state index is 5.59. The van der Waals surface area contributed by atoms with E-state index in [0.29, 0.717) is 0 Å². The van der Waals surface area contributed by atoms with E-state index in [1.165, 1.54) is 24.1 Å². The molecule has 3 rings (SSSR count). The van der Waals surface area contributed by atoms with Crippen molar-refractivity contribution < 1.29 is 4.74 Å². The molecule has 1 aromatic carbocycles. The van der Waals surface area contributed by atoms with Gasteiger partial charge in [-0.05, 0) is 37.8 Å². The van der Waals surface area contributed by atoms with Crippen LogP contribution in [0.5, 0.6) is 5.75 Å². The Morgan fingerprint density at radius 3 is 2.81 bits per heavy atom. The van der Waals surface area contributed by atoms with Gasteiger partial charge in [0.1, 0.15) is 5.75 Å². The van der Waals surface area contributed by atoms with Crippen LogP contribution in [0.2, 0.25) is 0 Å². The smallest absolute Gasteiger partial charge is 0.133 e. The number of nitrogens with zero attached hydrogens (tertiary/aromatic N) is 1. The van der Waals surface area contributed by atoms with Crippen LogP contribution in [0.3, 0.4) is 0 Å². The van der Waals surface area contributed by atoms with Gasteiger partial charge in [-0.25, -0.2) is 0 Å². The summed E-state index contributed by atoms with van der Waals surface area (Å²) >= 11 is 0. The SMILES string of the molecule is COc1c2c(nc3ccccc13)CCCC2. The third-order valence-corrected chi connectivity index (χ3v) is 3.32. The van der Waals surface area contributed by atoms with Gasteiger partial charge >= 0.3 is 0 Å². The Bertz CT molecular complexity index is 533. The molecule has 82 valence electrons. The molecule has 1 aromatic heterocycles. The van der Waals surface area contributed by atoms with E-state index in [4.69, 9.17) is 9.72 Å². The Labute approximate surface area is 95.3 Å². The zero-order valence-electron chi connectivity index (χ0n) is 9.49. The van der Waals surface area contributed by atoms with Gasteiger partial charge in [-0.15, -0.1) is 0 Å². The molecule has 0 bridgehead atoms. The Kier molecular flexibility index (Phi) is 2.28. The second-order valence-electron chi connectivity index (χ2n) is 4.29. The van der Waals surface area contributed by atoms with Gasteiger partial charge in [0, 0.05) is 16.6 Å². The minimum atomic E-state index is 1.04. The van der Waals surface area contributed by atoms with E-state index < -0.39 is 0 Å². The van der Waals surface area contributed by atoms with Crippen LogP contribution in [0.4, 0.5) is 0 Å². The van der Waals surface area contributed by atoms with Crippen molar-refractivity contribution in [1.29, 1.82) is 0 Å². The van der Waals surface area contributed by atoms with Crippen LogP contribution >= 0.6 is 0 Å². The summed E-state index contributed by atoms with van der Waals surface area (Å²) in [7, 11) is 1.76. The predicted molar refractivity (Wildman–Crippen MR) is 64.9 cm³/mol. The monoisotopic (exact) mass is 213 g/mol. The summed E-state index contributed by atoms with van der Waals surface area (Å²) in [4.78, 5) is 4.74. The molecular weight excluding hydrogens is 198 g/mol. The van der Waals surface area contributed by atoms with Gasteiger partial charge in [-0.2, -0.15) is 0 Å². The number of aryl methyl sites for hydroxylation is 1. The van der Waals surface area contributed by atoms with Crippen molar-refractivity contribution in [2.45, 2.75) is 25.7 Å². The van der Waals surface area contributed by atoms with Gasteiger partial charge in [0.15, 0.2) is 0 Å². The minimum Gasteiger partial charge on any atom is -0.496 e. The number of benzene rings is 1. The van der Waals surface area contributed by atoms with Crippen LogP contribution in [-0.2, 0) is 12.8 Å². The molecular formula is C14H15NO. The number of hydrogen-bond donors (Lipinski definition) is 0. The van der Waals surface area contributed by atoms with Gasteiger partial charge in [-0.1, -0.05) is 12.1 Å². The quantitative estimate of drug-likeness (QED) is 0.726. The van der Waals surface area contributed by atoms with E-state index >= 15 is 0 Å². The molecule has 0 saturated carbocycles. The van der Waals surface area contributed by atoms with Crippen molar-refractivity contribution in [1.82, 2.24) is 4.98 Å². The number of para-hydroxylation sites is 1. The predicted octanol–water partition coefficient (Wildman–Crippen LogP) is 3.12. The maximum absolute atomic E-state index is 5.59. The fourth-order valence-electron chi connectivity index (χ4n) is 2.56. The average Bonchev–Trinajstić information content (AvgIpc) is 2.36. The number of ether oxygens (including phenoxy) is 1. The van der Waals surface area contributed by atoms with Crippen LogP contribution in [0.15, 0.2) is 24.3 Å². The number of aromatic nitrogens is 1. The lowest BCUT2D eigenvalue weighted by Crippen LogP contribution is -2.08. The Balaban J connectivity index is 2.35. The Morgan fingerprint density at radius 1 is 1.12 bits per heavy atom. The van der Waals surface area contributed by atoms with Crippen LogP contribution in [-0.4, -0.2) is 12.1 Å². The van der Waals surface area contributed by atoms with E-state index in [1.54, 1.807) is 7.11 Å². The molecule has 1 heterocycles. The van der Waals surface area contributed by atoms with Crippen molar-refractivity contribution in [2.24, 2.45) is 0 Å². The molecule has 0 N–H and O–H groups in total. The molecule has 1 aliphatic carbocycles. The zero-order chi connectivity index (χ0) is 11.0. The molecule has 2 heteroatoms. The molecule has 2 nitrogen and oxygen atoms in total. The molecule has 2 aromatic rings. The van der Waals surface area contributed by atoms with Crippen LogP contribution in [0, 0.1) is 0 Å². The van der Waals surface area contributed by atoms with E-state index in [1.807, 2.05) is 12.1 Å². The van der Waals surface area contributed by atoms with Gasteiger partial charge < -0.3 is 4.74 Å². The number of rotatable bonds is 1. The van der Waals surface area contributed by atoms with Crippen molar-refractivity contribution in [3.8, 4) is 5.75 Å². The van der Waals surface area contributed by atoms with Gasteiger partial charge in [0.05, 0.1) is 12.6 Å². The van der Waals surface area contributed by atoms with Gasteiger partial charge in [0.2, 0.25) is 0 Å². The topological polar surface area (TPSA) is 22.1 Å². The largest absolute Gasteiger partial charge is 0.496 e. The normalized spacial score (nSPS) is 14.8. The summed E-state index contributed by atoms with van der Waals surface area (Å²) in [6.07, 6.45) is 4.71. The summed E-state index contributed by atoms with van der Waals surface area (Å²) in [6, 6.07) is 8.23. The molecule has 0 fully saturated rings. The summed E-state index contributed by atoms with van der Waals surface area (Å²) in [5, 5.41) is 1.14. The fraction of sp³-hybridized carbons (Fsp3) is 0.357. The Hall–Kier alpha value is -1.57. The first kappa shape index (κ1) is 9.64. The van der Waals surface area contributed by atoms with E-state index in [9.17, 15) is 0 Å². The third kappa shape index (κ3) is 1.37. The van der Waals surface area contributed by atoms with Crippen LogP contribution in [0.25, 0.3) is 10.9 Å². The molecule has 0 unspecified atom stereocenters. The molecule has 0 radical (unpaired) electrons. The molecule has 0 saturated heterocycles. The number of pyridine rings is 1. The lowest BCUT2D eigenvalue weighted by molar-refractivity contribution is 0.410. The highest BCUT2D eigenvalue weighted by Gasteiger charge is 2.18. The summed E-state index contributed by atoms with van der Waals surface area (Å²) in [5.41, 5.74) is 3.62. The molecule has 1 aliphatic rings. The highest BCUT2D eigenvalue weighted by molar-refractivity contribution is 5.86. The van der Waals surface area contributed by atoms with Crippen molar-refractivity contribution in [3.63, 3.8) is 0 Å². The van der Waals surface area contributed by atoms with E-state index in [0.717, 1.165) is 29.5 Å². The molecule has 0 atom stereocenters. The highest BCUT2D eigenvalue weighted by Crippen LogP contribution is 2.34. The molecule has 16 heavy (non-hydrogen) atoms. The second kappa shape index (κ2) is 3.78. The molecule has 0 amide bonds.